The summed E-state index contributed by atoms with van der Waals surface area (Å²) in [5.41, 5.74) is 6.15. The quantitative estimate of drug-likeness (QED) is 0.481. The maximum atomic E-state index is 2.35. The molecule has 0 aliphatic heterocycles. The number of rotatable bonds is 6. The van der Waals surface area contributed by atoms with Gasteiger partial charge in [-0.05, 0) is 52.4 Å². The van der Waals surface area contributed by atoms with E-state index in [9.17, 15) is 0 Å². The van der Waals surface area contributed by atoms with Crippen LogP contribution >= 0.6 is 0 Å². The van der Waals surface area contributed by atoms with Gasteiger partial charge in [0.15, 0.2) is 0 Å². The van der Waals surface area contributed by atoms with Gasteiger partial charge in [-0.3, -0.25) is 0 Å². The molecule has 1 heteroatoms. The Balaban J connectivity index is 0.000000364. The van der Waals surface area contributed by atoms with Gasteiger partial charge in [0, 0.05) is 26.2 Å². The van der Waals surface area contributed by atoms with Crippen LogP contribution in [0, 0.1) is 0 Å². The molecule has 0 bridgehead atoms. The summed E-state index contributed by atoms with van der Waals surface area (Å²) in [5.74, 6) is 0. The second-order valence-electron chi connectivity index (χ2n) is 6.15. The van der Waals surface area contributed by atoms with Crippen molar-refractivity contribution in [2.45, 2.75) is 79.1 Å². The molecule has 0 unspecified atom stereocenters. The third-order valence-electron chi connectivity index (χ3n) is 3.87. The average Bonchev–Trinajstić information content (AvgIpc) is 3.03. The Morgan fingerprint density at radius 1 is 0.762 bits per heavy atom. The van der Waals surface area contributed by atoms with E-state index in [4.69, 9.17) is 0 Å². The molecule has 0 fully saturated rings. The molecule has 2 rings (SSSR count). The standard InChI is InChI=1S/2C10H16.Zr/c2*1-3-4-5-10-7-6-9(2)8-10;/h2*7-8H,3-6H2,1-2H3;. The fourth-order valence-electron chi connectivity index (χ4n) is 2.56. The Kier molecular flexibility index (Phi) is 12.3. The van der Waals surface area contributed by atoms with Crippen LogP contribution in [0.5, 0.6) is 0 Å². The monoisotopic (exact) mass is 362 g/mol. The van der Waals surface area contributed by atoms with E-state index in [1.54, 1.807) is 11.1 Å². The molecule has 0 aromatic carbocycles. The molecule has 2 aliphatic carbocycles. The summed E-state index contributed by atoms with van der Waals surface area (Å²) in [4.78, 5) is 0. The average molecular weight is 364 g/mol. The summed E-state index contributed by atoms with van der Waals surface area (Å²) in [6.45, 7) is 8.89. The summed E-state index contributed by atoms with van der Waals surface area (Å²) in [7, 11) is 0. The fraction of sp³-hybridized carbons (Fsp3) is 0.600. The number of hydrogen-bond donors (Lipinski definition) is 0. The van der Waals surface area contributed by atoms with Crippen LogP contribution < -0.4 is 0 Å². The molecule has 0 saturated carbocycles. The van der Waals surface area contributed by atoms with E-state index in [1.807, 2.05) is 0 Å². The van der Waals surface area contributed by atoms with Gasteiger partial charge >= 0.3 is 0 Å². The number of allylic oxidation sites excluding steroid dienone is 8. The molecular weight excluding hydrogens is 331 g/mol. The molecule has 0 atom stereocenters. The third kappa shape index (κ3) is 9.46. The van der Waals surface area contributed by atoms with Gasteiger partial charge in [-0.15, -0.1) is 0 Å². The topological polar surface area (TPSA) is 0 Å². The zero-order valence-corrected chi connectivity index (χ0v) is 16.9. The maximum Gasteiger partial charge on any atom is 0 e. The molecular formula is C20H32Zr. The van der Waals surface area contributed by atoms with Gasteiger partial charge in [-0.2, -0.15) is 0 Å². The van der Waals surface area contributed by atoms with Crippen LogP contribution in [0.3, 0.4) is 0 Å². The minimum absolute atomic E-state index is 0. The van der Waals surface area contributed by atoms with Crippen molar-refractivity contribution in [3.8, 4) is 0 Å². The second-order valence-corrected chi connectivity index (χ2v) is 6.15. The van der Waals surface area contributed by atoms with E-state index >= 15 is 0 Å². The van der Waals surface area contributed by atoms with Crippen molar-refractivity contribution in [3.05, 3.63) is 46.6 Å². The Hall–Kier alpha value is -0.157. The second kappa shape index (κ2) is 12.4. The molecule has 21 heavy (non-hydrogen) atoms. The van der Waals surface area contributed by atoms with E-state index in [-0.39, 0.29) is 26.2 Å². The molecule has 0 N–H and O–H groups in total. The first-order valence-corrected chi connectivity index (χ1v) is 8.38. The summed E-state index contributed by atoms with van der Waals surface area (Å²) < 4.78 is 0. The van der Waals surface area contributed by atoms with Crippen molar-refractivity contribution in [1.29, 1.82) is 0 Å². The molecule has 0 heterocycles. The molecule has 0 amide bonds. The van der Waals surface area contributed by atoms with Crippen LogP contribution in [0.15, 0.2) is 46.6 Å². The molecule has 2 aliphatic rings. The van der Waals surface area contributed by atoms with Gasteiger partial charge < -0.3 is 0 Å². The summed E-state index contributed by atoms with van der Waals surface area (Å²) in [6.07, 6.45) is 19.6. The van der Waals surface area contributed by atoms with Crippen molar-refractivity contribution in [2.75, 3.05) is 0 Å². The summed E-state index contributed by atoms with van der Waals surface area (Å²) in [6, 6.07) is 0. The summed E-state index contributed by atoms with van der Waals surface area (Å²) in [5, 5.41) is 0. The molecule has 0 saturated heterocycles. The summed E-state index contributed by atoms with van der Waals surface area (Å²) >= 11 is 0. The van der Waals surface area contributed by atoms with E-state index in [2.05, 4.69) is 52.0 Å². The van der Waals surface area contributed by atoms with Crippen LogP contribution in [0.4, 0.5) is 0 Å². The molecule has 0 radical (unpaired) electrons. The third-order valence-corrected chi connectivity index (χ3v) is 3.87. The Bertz CT molecular complexity index is 368. The van der Waals surface area contributed by atoms with Crippen molar-refractivity contribution in [1.82, 2.24) is 0 Å². The van der Waals surface area contributed by atoms with Crippen molar-refractivity contribution >= 4 is 0 Å². The van der Waals surface area contributed by atoms with Crippen molar-refractivity contribution in [2.24, 2.45) is 0 Å². The minimum atomic E-state index is 0. The van der Waals surface area contributed by atoms with Gasteiger partial charge in [0.05, 0.1) is 0 Å². The van der Waals surface area contributed by atoms with Crippen molar-refractivity contribution < 1.29 is 26.2 Å². The maximum absolute atomic E-state index is 2.35. The van der Waals surface area contributed by atoms with Crippen LogP contribution in [-0.4, -0.2) is 0 Å². The molecule has 0 aromatic heterocycles. The van der Waals surface area contributed by atoms with E-state index in [1.165, 1.54) is 62.5 Å². The Morgan fingerprint density at radius 3 is 1.38 bits per heavy atom. The van der Waals surface area contributed by atoms with Gasteiger partial charge in [-0.1, -0.05) is 73.3 Å². The molecule has 0 nitrogen and oxygen atoms in total. The predicted molar refractivity (Wildman–Crippen MR) is 92.0 cm³/mol. The first-order chi connectivity index (χ1) is 9.65. The minimum Gasteiger partial charge on any atom is -0.0773 e. The Morgan fingerprint density at radius 2 is 1.14 bits per heavy atom. The largest absolute Gasteiger partial charge is 0.0773 e. The van der Waals surface area contributed by atoms with Crippen LogP contribution in [0.1, 0.15) is 79.1 Å². The SMILES string of the molecule is CCCCC1=CCC(C)=C1.CCCCC1=CCC(C)=C1.[Zr]. The van der Waals surface area contributed by atoms with E-state index in [0.717, 1.165) is 0 Å². The fourth-order valence-corrected chi connectivity index (χ4v) is 2.56. The van der Waals surface area contributed by atoms with E-state index < -0.39 is 0 Å². The van der Waals surface area contributed by atoms with Gasteiger partial charge in [0.2, 0.25) is 0 Å². The normalized spacial score (nSPS) is 16.2. The zero-order chi connectivity index (χ0) is 14.8. The van der Waals surface area contributed by atoms with Gasteiger partial charge in [0.25, 0.3) is 0 Å². The van der Waals surface area contributed by atoms with Gasteiger partial charge in [0.1, 0.15) is 0 Å². The Labute approximate surface area is 151 Å². The van der Waals surface area contributed by atoms with Crippen LogP contribution in [-0.2, 0) is 26.2 Å². The van der Waals surface area contributed by atoms with Crippen molar-refractivity contribution in [3.63, 3.8) is 0 Å². The number of unbranched alkanes of at least 4 members (excludes halogenated alkanes) is 2. The molecule has 0 aromatic rings. The number of hydrogen-bond acceptors (Lipinski definition) is 0. The van der Waals surface area contributed by atoms with Gasteiger partial charge in [-0.25, -0.2) is 0 Å². The first kappa shape index (κ1) is 20.8. The smallest absolute Gasteiger partial charge is 0 e. The molecule has 116 valence electrons. The predicted octanol–water partition coefficient (Wildman–Crippen LogP) is 6.90. The molecule has 0 spiro atoms. The first-order valence-electron chi connectivity index (χ1n) is 8.38. The zero-order valence-electron chi connectivity index (χ0n) is 14.5. The van der Waals surface area contributed by atoms with E-state index in [0.29, 0.717) is 0 Å². The van der Waals surface area contributed by atoms with Crippen LogP contribution in [0.2, 0.25) is 0 Å². The van der Waals surface area contributed by atoms with Crippen LogP contribution in [0.25, 0.3) is 0 Å².